The minimum atomic E-state index is 0.606. The first-order chi connectivity index (χ1) is 8.81. The molecule has 0 radical (unpaired) electrons. The molecule has 96 valence electrons. The van der Waals surface area contributed by atoms with Crippen molar-refractivity contribution in [3.63, 3.8) is 0 Å². The summed E-state index contributed by atoms with van der Waals surface area (Å²) in [6, 6.07) is 9.77. The normalized spacial score (nSPS) is 26.2. The SMILES string of the molecule is Cc1cccc(CN=C2NC3CCCCC3N2)c1. The Morgan fingerprint density at radius 1 is 1.17 bits per heavy atom. The molecule has 2 aliphatic rings. The molecular weight excluding hydrogens is 222 g/mol. The van der Waals surface area contributed by atoms with Crippen molar-refractivity contribution in [2.24, 2.45) is 4.99 Å². The highest BCUT2D eigenvalue weighted by molar-refractivity contribution is 5.82. The molecule has 1 heterocycles. The van der Waals surface area contributed by atoms with E-state index < -0.39 is 0 Å². The molecule has 0 amide bonds. The third-order valence-electron chi connectivity index (χ3n) is 3.91. The zero-order valence-electron chi connectivity index (χ0n) is 10.9. The van der Waals surface area contributed by atoms with Crippen molar-refractivity contribution in [3.8, 4) is 0 Å². The highest BCUT2D eigenvalue weighted by atomic mass is 15.3. The maximum absolute atomic E-state index is 4.65. The van der Waals surface area contributed by atoms with Gasteiger partial charge in [0.25, 0.3) is 0 Å². The van der Waals surface area contributed by atoms with Crippen LogP contribution >= 0.6 is 0 Å². The molecule has 0 aromatic heterocycles. The zero-order chi connectivity index (χ0) is 12.4. The number of benzene rings is 1. The van der Waals surface area contributed by atoms with Gasteiger partial charge in [-0.3, -0.25) is 0 Å². The maximum Gasteiger partial charge on any atom is 0.192 e. The average molecular weight is 243 g/mol. The van der Waals surface area contributed by atoms with Crippen molar-refractivity contribution in [1.29, 1.82) is 0 Å². The van der Waals surface area contributed by atoms with Gasteiger partial charge in [-0.25, -0.2) is 4.99 Å². The second-order valence-electron chi connectivity index (χ2n) is 5.44. The number of aliphatic imine (C=N–C) groups is 1. The van der Waals surface area contributed by atoms with E-state index in [-0.39, 0.29) is 0 Å². The van der Waals surface area contributed by atoms with Crippen LogP contribution in [0.1, 0.15) is 36.8 Å². The van der Waals surface area contributed by atoms with Gasteiger partial charge in [0.2, 0.25) is 0 Å². The summed E-state index contributed by atoms with van der Waals surface area (Å²) in [7, 11) is 0. The summed E-state index contributed by atoms with van der Waals surface area (Å²) >= 11 is 0. The lowest BCUT2D eigenvalue weighted by atomic mass is 9.92. The highest BCUT2D eigenvalue weighted by Gasteiger charge is 2.31. The lowest BCUT2D eigenvalue weighted by Crippen LogP contribution is -2.36. The van der Waals surface area contributed by atoms with Crippen LogP contribution in [0.3, 0.4) is 0 Å². The van der Waals surface area contributed by atoms with E-state index in [0.29, 0.717) is 12.1 Å². The van der Waals surface area contributed by atoms with E-state index in [2.05, 4.69) is 46.8 Å². The van der Waals surface area contributed by atoms with Crippen LogP contribution in [0.4, 0.5) is 0 Å². The first kappa shape index (κ1) is 11.6. The zero-order valence-corrected chi connectivity index (χ0v) is 10.9. The fourth-order valence-corrected chi connectivity index (χ4v) is 2.94. The molecule has 0 bridgehead atoms. The number of hydrogen-bond acceptors (Lipinski definition) is 1. The molecule has 0 spiro atoms. The first-order valence-corrected chi connectivity index (χ1v) is 6.94. The van der Waals surface area contributed by atoms with Gasteiger partial charge in [0.05, 0.1) is 6.54 Å². The summed E-state index contributed by atoms with van der Waals surface area (Å²) in [5.74, 6) is 0.994. The fourth-order valence-electron chi connectivity index (χ4n) is 2.94. The summed E-state index contributed by atoms with van der Waals surface area (Å²) in [5.41, 5.74) is 2.58. The van der Waals surface area contributed by atoms with Gasteiger partial charge in [-0.05, 0) is 25.3 Å². The number of fused-ring (bicyclic) bond motifs is 1. The Bertz CT molecular complexity index is 437. The molecule has 2 atom stereocenters. The molecule has 2 fully saturated rings. The van der Waals surface area contributed by atoms with Crippen LogP contribution < -0.4 is 10.6 Å². The number of hydrogen-bond donors (Lipinski definition) is 2. The van der Waals surface area contributed by atoms with Crippen LogP contribution in [0.5, 0.6) is 0 Å². The molecule has 3 nitrogen and oxygen atoms in total. The molecule has 1 aromatic rings. The first-order valence-electron chi connectivity index (χ1n) is 6.94. The molecular formula is C15H21N3. The van der Waals surface area contributed by atoms with Crippen molar-refractivity contribution in [1.82, 2.24) is 10.6 Å². The maximum atomic E-state index is 4.65. The van der Waals surface area contributed by atoms with Crippen molar-refractivity contribution in [2.75, 3.05) is 0 Å². The fraction of sp³-hybridized carbons (Fsp3) is 0.533. The minimum Gasteiger partial charge on any atom is -0.352 e. The molecule has 1 saturated carbocycles. The quantitative estimate of drug-likeness (QED) is 0.836. The largest absolute Gasteiger partial charge is 0.352 e. The van der Waals surface area contributed by atoms with Crippen LogP contribution in [-0.2, 0) is 6.54 Å². The third kappa shape index (κ3) is 2.50. The molecule has 1 saturated heterocycles. The smallest absolute Gasteiger partial charge is 0.192 e. The number of guanidine groups is 1. The Morgan fingerprint density at radius 2 is 1.89 bits per heavy atom. The van der Waals surface area contributed by atoms with E-state index in [4.69, 9.17) is 0 Å². The van der Waals surface area contributed by atoms with E-state index in [9.17, 15) is 0 Å². The Morgan fingerprint density at radius 3 is 2.56 bits per heavy atom. The van der Waals surface area contributed by atoms with E-state index in [1.165, 1.54) is 36.8 Å². The second kappa shape index (κ2) is 5.01. The Hall–Kier alpha value is -1.51. The van der Waals surface area contributed by atoms with Gasteiger partial charge in [0.1, 0.15) is 0 Å². The highest BCUT2D eigenvalue weighted by Crippen LogP contribution is 2.21. The van der Waals surface area contributed by atoms with Crippen LogP contribution in [0, 0.1) is 6.92 Å². The summed E-state index contributed by atoms with van der Waals surface area (Å²) in [4.78, 5) is 4.65. The molecule has 3 rings (SSSR count). The van der Waals surface area contributed by atoms with E-state index in [1.807, 2.05) is 0 Å². The van der Waals surface area contributed by atoms with Crippen molar-refractivity contribution >= 4 is 5.96 Å². The van der Waals surface area contributed by atoms with Gasteiger partial charge < -0.3 is 10.6 Å². The monoisotopic (exact) mass is 243 g/mol. The molecule has 1 aliphatic heterocycles. The van der Waals surface area contributed by atoms with Gasteiger partial charge >= 0.3 is 0 Å². The summed E-state index contributed by atoms with van der Waals surface area (Å²) in [5, 5.41) is 7.03. The Balaban J connectivity index is 1.63. The molecule has 3 heteroatoms. The molecule has 2 unspecified atom stereocenters. The minimum absolute atomic E-state index is 0.606. The Labute approximate surface area is 109 Å². The van der Waals surface area contributed by atoms with Crippen LogP contribution in [-0.4, -0.2) is 18.0 Å². The number of nitrogens with zero attached hydrogens (tertiary/aromatic N) is 1. The predicted octanol–water partition coefficient (Wildman–Crippen LogP) is 2.36. The van der Waals surface area contributed by atoms with Gasteiger partial charge in [0.15, 0.2) is 5.96 Å². The number of nitrogens with one attached hydrogen (secondary N) is 2. The number of rotatable bonds is 2. The topological polar surface area (TPSA) is 36.4 Å². The second-order valence-corrected chi connectivity index (χ2v) is 5.44. The summed E-state index contributed by atoms with van der Waals surface area (Å²) in [6.45, 7) is 2.88. The number of aryl methyl sites for hydroxylation is 1. The van der Waals surface area contributed by atoms with Gasteiger partial charge in [-0.2, -0.15) is 0 Å². The predicted molar refractivity (Wildman–Crippen MR) is 74.6 cm³/mol. The van der Waals surface area contributed by atoms with Crippen LogP contribution in [0.25, 0.3) is 0 Å². The van der Waals surface area contributed by atoms with Gasteiger partial charge in [-0.15, -0.1) is 0 Å². The molecule has 2 N–H and O–H groups in total. The van der Waals surface area contributed by atoms with Crippen molar-refractivity contribution < 1.29 is 0 Å². The Kier molecular flexibility index (Phi) is 3.22. The van der Waals surface area contributed by atoms with E-state index in [0.717, 1.165) is 12.5 Å². The molecule has 1 aliphatic carbocycles. The summed E-state index contributed by atoms with van der Waals surface area (Å²) < 4.78 is 0. The van der Waals surface area contributed by atoms with Gasteiger partial charge in [0, 0.05) is 12.1 Å². The van der Waals surface area contributed by atoms with Crippen LogP contribution in [0.15, 0.2) is 29.3 Å². The lowest BCUT2D eigenvalue weighted by Gasteiger charge is -2.23. The van der Waals surface area contributed by atoms with Crippen LogP contribution in [0.2, 0.25) is 0 Å². The van der Waals surface area contributed by atoms with E-state index >= 15 is 0 Å². The summed E-state index contributed by atoms with van der Waals surface area (Å²) in [6.07, 6.45) is 5.25. The average Bonchev–Trinajstić information content (AvgIpc) is 2.79. The van der Waals surface area contributed by atoms with E-state index in [1.54, 1.807) is 0 Å². The molecule has 18 heavy (non-hydrogen) atoms. The molecule has 1 aromatic carbocycles. The third-order valence-corrected chi connectivity index (χ3v) is 3.91. The lowest BCUT2D eigenvalue weighted by molar-refractivity contribution is 0.374. The van der Waals surface area contributed by atoms with Gasteiger partial charge in [-0.1, -0.05) is 42.7 Å². The van der Waals surface area contributed by atoms with Crippen molar-refractivity contribution in [3.05, 3.63) is 35.4 Å². The standard InChI is InChI=1S/C15H21N3/c1-11-5-4-6-12(9-11)10-16-15-17-13-7-2-3-8-14(13)18-15/h4-6,9,13-14H,2-3,7-8,10H2,1H3,(H2,16,17,18). The van der Waals surface area contributed by atoms with Crippen molar-refractivity contribution in [2.45, 2.75) is 51.2 Å².